The van der Waals surface area contributed by atoms with Gasteiger partial charge in [-0.1, -0.05) is 64.7 Å². The fourth-order valence-corrected chi connectivity index (χ4v) is 6.83. The van der Waals surface area contributed by atoms with Crippen molar-refractivity contribution >= 4 is 16.8 Å². The molecule has 0 bridgehead atoms. The van der Waals surface area contributed by atoms with Crippen molar-refractivity contribution in [1.29, 1.82) is 0 Å². The smallest absolute Gasteiger partial charge is 0.229 e. The predicted octanol–water partition coefficient (Wildman–Crippen LogP) is 1.28. The summed E-state index contributed by atoms with van der Waals surface area (Å²) in [5.74, 6) is 0.336. The Bertz CT molecular complexity index is 1340. The summed E-state index contributed by atoms with van der Waals surface area (Å²) in [7, 11) is 0. The number of fused-ring (bicyclic) bond motifs is 1. The minimum Gasteiger partial charge on any atom is -0.462 e. The molecule has 0 saturated carbocycles. The van der Waals surface area contributed by atoms with Crippen LogP contribution in [-0.4, -0.2) is 139 Å². The van der Waals surface area contributed by atoms with Gasteiger partial charge in [0.1, 0.15) is 54.6 Å². The molecule has 0 radical (unpaired) electrons. The van der Waals surface area contributed by atoms with E-state index in [1.165, 1.54) is 38.5 Å². The van der Waals surface area contributed by atoms with Crippen LogP contribution >= 0.6 is 0 Å². The van der Waals surface area contributed by atoms with Gasteiger partial charge in [0, 0.05) is 30.1 Å². The highest BCUT2D eigenvalue weighted by atomic mass is 16.7. The second-order valence-electron chi connectivity index (χ2n) is 14.4. The van der Waals surface area contributed by atoms with Crippen LogP contribution in [0.25, 0.3) is 10.9 Å². The van der Waals surface area contributed by atoms with Gasteiger partial charge in [0.2, 0.25) is 12.2 Å². The van der Waals surface area contributed by atoms with Crippen LogP contribution in [0.5, 0.6) is 5.75 Å². The van der Waals surface area contributed by atoms with Crippen molar-refractivity contribution in [2.24, 2.45) is 0 Å². The third-order valence-electron chi connectivity index (χ3n) is 10.3. The fraction of sp³-hybridized carbons (Fsp3) is 0.763. The van der Waals surface area contributed by atoms with E-state index in [-0.39, 0.29) is 12.0 Å². The Kier molecular flexibility index (Phi) is 18.2. The van der Waals surface area contributed by atoms with Crippen molar-refractivity contribution in [1.82, 2.24) is 10.3 Å². The van der Waals surface area contributed by atoms with E-state index in [1.54, 1.807) is 18.2 Å². The lowest BCUT2D eigenvalue weighted by atomic mass is 9.98. The quantitative estimate of drug-likeness (QED) is 0.0720. The number of aliphatic hydroxyl groups is 8. The summed E-state index contributed by atoms with van der Waals surface area (Å²) in [6.45, 7) is 1.36. The Morgan fingerprint density at radius 2 is 1.42 bits per heavy atom. The summed E-state index contributed by atoms with van der Waals surface area (Å²) in [6.07, 6.45) is 0.845. The van der Waals surface area contributed by atoms with E-state index in [1.807, 2.05) is 13.1 Å². The van der Waals surface area contributed by atoms with Crippen molar-refractivity contribution in [2.75, 3.05) is 19.8 Å². The van der Waals surface area contributed by atoms with Gasteiger partial charge in [-0.25, -0.2) is 0 Å². The van der Waals surface area contributed by atoms with Crippen LogP contribution in [0.3, 0.4) is 0 Å². The Labute approximate surface area is 311 Å². The monoisotopic (exact) mass is 754 g/mol. The molecular formula is C38H62N2O13. The molecule has 53 heavy (non-hydrogen) atoms. The van der Waals surface area contributed by atoms with Gasteiger partial charge in [0.25, 0.3) is 0 Å². The van der Waals surface area contributed by atoms with E-state index in [9.17, 15) is 45.6 Å². The number of H-pyrrole nitrogens is 1. The molecule has 2 aliphatic heterocycles. The SMILES string of the molecule is CC[C@@H](O)CCCCCCCCCCCCC(=O)NCCc1c[nH]c2ccc(O[C@@H]3O[C@H](CO[C@@H]4O[C@@H](CO)[C@@H](O)[C@H](O)[C@@H]4O)[C@@H](O)[C@H](O)[C@@H]3O)cc12. The molecule has 2 saturated heterocycles. The fourth-order valence-electron chi connectivity index (χ4n) is 6.83. The van der Waals surface area contributed by atoms with Gasteiger partial charge in [-0.15, -0.1) is 0 Å². The zero-order valence-corrected chi connectivity index (χ0v) is 30.8. The zero-order chi connectivity index (χ0) is 38.3. The Morgan fingerprint density at radius 3 is 2.08 bits per heavy atom. The molecule has 4 rings (SSSR count). The molecule has 2 aromatic rings. The number of carbonyl (C=O) groups is 1. The molecule has 0 unspecified atom stereocenters. The molecule has 0 spiro atoms. The van der Waals surface area contributed by atoms with E-state index in [0.717, 1.165) is 55.0 Å². The summed E-state index contributed by atoms with van der Waals surface area (Å²) in [4.78, 5) is 15.7. The molecule has 3 heterocycles. The molecule has 15 nitrogen and oxygen atoms in total. The average Bonchev–Trinajstić information content (AvgIpc) is 3.56. The molecule has 2 fully saturated rings. The van der Waals surface area contributed by atoms with Crippen molar-refractivity contribution in [3.63, 3.8) is 0 Å². The number of ether oxygens (including phenoxy) is 4. The van der Waals surface area contributed by atoms with Gasteiger partial charge in [-0.2, -0.15) is 0 Å². The topological polar surface area (TPSA) is 244 Å². The lowest BCUT2D eigenvalue weighted by Gasteiger charge is -2.42. The number of benzene rings is 1. The summed E-state index contributed by atoms with van der Waals surface area (Å²) in [6, 6.07) is 5.18. The van der Waals surface area contributed by atoms with Crippen molar-refractivity contribution in [3.8, 4) is 5.75 Å². The number of amides is 1. The third-order valence-corrected chi connectivity index (χ3v) is 10.3. The van der Waals surface area contributed by atoms with E-state index in [4.69, 9.17) is 18.9 Å². The molecule has 1 aromatic heterocycles. The molecule has 302 valence electrons. The summed E-state index contributed by atoms with van der Waals surface area (Å²) >= 11 is 0. The van der Waals surface area contributed by atoms with E-state index in [2.05, 4.69) is 10.3 Å². The molecule has 15 heteroatoms. The van der Waals surface area contributed by atoms with Crippen molar-refractivity contribution in [2.45, 2.75) is 164 Å². The predicted molar refractivity (Wildman–Crippen MR) is 194 cm³/mol. The lowest BCUT2D eigenvalue weighted by Crippen LogP contribution is -2.62. The van der Waals surface area contributed by atoms with Crippen LogP contribution in [0.15, 0.2) is 24.4 Å². The van der Waals surface area contributed by atoms with Crippen LogP contribution in [-0.2, 0) is 25.4 Å². The maximum absolute atomic E-state index is 12.5. The van der Waals surface area contributed by atoms with Gasteiger partial charge in [-0.05, 0) is 49.4 Å². The van der Waals surface area contributed by atoms with Gasteiger partial charge >= 0.3 is 0 Å². The Balaban J connectivity index is 1.16. The van der Waals surface area contributed by atoms with Gasteiger partial charge in [-0.3, -0.25) is 4.79 Å². The van der Waals surface area contributed by atoms with Crippen LogP contribution < -0.4 is 10.1 Å². The van der Waals surface area contributed by atoms with E-state index >= 15 is 0 Å². The number of carbonyl (C=O) groups excluding carboxylic acids is 1. The second-order valence-corrected chi connectivity index (χ2v) is 14.4. The lowest BCUT2D eigenvalue weighted by molar-refractivity contribution is -0.323. The van der Waals surface area contributed by atoms with Gasteiger partial charge < -0.3 is 70.1 Å². The number of hydrogen-bond acceptors (Lipinski definition) is 13. The first-order chi connectivity index (χ1) is 25.5. The van der Waals surface area contributed by atoms with Gasteiger partial charge in [0.15, 0.2) is 6.29 Å². The number of nitrogens with one attached hydrogen (secondary N) is 2. The highest BCUT2D eigenvalue weighted by molar-refractivity contribution is 5.84. The largest absolute Gasteiger partial charge is 0.462 e. The van der Waals surface area contributed by atoms with Crippen LogP contribution in [0.1, 0.15) is 96.0 Å². The van der Waals surface area contributed by atoms with Crippen molar-refractivity contribution in [3.05, 3.63) is 30.0 Å². The van der Waals surface area contributed by atoms with E-state index in [0.29, 0.717) is 25.1 Å². The first-order valence-corrected chi connectivity index (χ1v) is 19.4. The highest BCUT2D eigenvalue weighted by Gasteiger charge is 2.48. The Hall–Kier alpha value is -2.41. The molecule has 1 amide bonds. The Morgan fingerprint density at radius 1 is 0.811 bits per heavy atom. The van der Waals surface area contributed by atoms with Gasteiger partial charge in [0.05, 0.1) is 19.3 Å². The molecule has 2 aliphatic rings. The maximum Gasteiger partial charge on any atom is 0.229 e. The molecule has 0 aliphatic carbocycles. The normalized spacial score (nSPS) is 29.7. The average molecular weight is 755 g/mol. The van der Waals surface area contributed by atoms with Crippen LogP contribution in [0.2, 0.25) is 0 Å². The zero-order valence-electron chi connectivity index (χ0n) is 30.8. The van der Waals surface area contributed by atoms with Crippen molar-refractivity contribution < 1.29 is 64.6 Å². The number of aromatic nitrogens is 1. The number of aromatic amines is 1. The van der Waals surface area contributed by atoms with Crippen LogP contribution in [0, 0.1) is 0 Å². The number of rotatable bonds is 23. The standard InChI is InChI=1S/C38H62N2O13/c1-2-24(42)13-11-9-7-5-3-4-6-8-10-12-14-30(43)39-18-17-23-20-40-27-16-15-25(19-26(23)27)51-38-36(49)34(47)32(45)29(53-38)22-50-37-35(48)33(46)31(44)28(21-41)52-37/h15-16,19-20,24,28-29,31-38,40-42,44-49H,2-14,17-18,21-22H2,1H3,(H,39,43)/t24-,28+,29-,31-,32-,33+,34+,35+,36+,37-,38-/m1/s1. The number of hydrogen-bond donors (Lipinski definition) is 10. The minimum absolute atomic E-state index is 0.0244. The molecular weight excluding hydrogens is 692 g/mol. The summed E-state index contributed by atoms with van der Waals surface area (Å²) in [5.41, 5.74) is 1.77. The molecule has 1 aromatic carbocycles. The number of aliphatic hydroxyl groups excluding tert-OH is 8. The minimum atomic E-state index is -1.68. The van der Waals surface area contributed by atoms with E-state index < -0.39 is 74.6 Å². The first kappa shape index (κ1) is 43.3. The third kappa shape index (κ3) is 12.8. The molecule has 10 N–H and O–H groups in total. The summed E-state index contributed by atoms with van der Waals surface area (Å²) < 4.78 is 22.5. The van der Waals surface area contributed by atoms with Crippen LogP contribution in [0.4, 0.5) is 0 Å². The maximum atomic E-state index is 12.5. The number of unbranched alkanes of at least 4 members (excludes halogenated alkanes) is 9. The highest BCUT2D eigenvalue weighted by Crippen LogP contribution is 2.29. The molecule has 11 atom stereocenters. The first-order valence-electron chi connectivity index (χ1n) is 19.4. The second kappa shape index (κ2) is 22.2. The summed E-state index contributed by atoms with van der Waals surface area (Å²) in [5, 5.41) is 84.9.